The number of fused-ring (bicyclic) bond motifs is 3. The van der Waals surface area contributed by atoms with Gasteiger partial charge < -0.3 is 9.80 Å². The van der Waals surface area contributed by atoms with E-state index in [1.54, 1.807) is 0 Å². The Bertz CT molecular complexity index is 921. The highest BCUT2D eigenvalue weighted by Crippen LogP contribution is 2.41. The van der Waals surface area contributed by atoms with Gasteiger partial charge in [0.15, 0.2) is 0 Å². The fourth-order valence-corrected chi connectivity index (χ4v) is 6.03. The fourth-order valence-electron chi connectivity index (χ4n) is 4.64. The Kier molecular flexibility index (Phi) is 6.06. The average molecular weight is 429 g/mol. The van der Waals surface area contributed by atoms with Crippen LogP contribution in [0.25, 0.3) is 10.2 Å². The second-order valence-electron chi connectivity index (χ2n) is 10.1. The number of thiophene rings is 1. The lowest BCUT2D eigenvalue weighted by Gasteiger charge is -2.38. The molecule has 1 fully saturated rings. The average Bonchev–Trinajstić information content (AvgIpc) is 3.07. The zero-order valence-electron chi connectivity index (χ0n) is 19.3. The van der Waals surface area contributed by atoms with Gasteiger partial charge in [0.1, 0.15) is 16.5 Å². The standard InChI is InChI=1S/C24H36N4OS/c1-6-7-8-19-25-21(27-11-13-28(14-12-27)23(29)24(3,4)5)20-17-10-9-16(2)15-18(17)30-22(20)26-19/h16H,6-15H2,1-5H3/t16-/m1/s1. The number of hydrogen-bond acceptors (Lipinski definition) is 5. The summed E-state index contributed by atoms with van der Waals surface area (Å²) in [4.78, 5) is 29.9. The van der Waals surface area contributed by atoms with Gasteiger partial charge in [-0.1, -0.05) is 41.0 Å². The quantitative estimate of drug-likeness (QED) is 0.698. The van der Waals surface area contributed by atoms with Gasteiger partial charge in [-0.15, -0.1) is 11.3 Å². The molecule has 0 spiro atoms. The van der Waals surface area contributed by atoms with E-state index in [-0.39, 0.29) is 11.3 Å². The number of aromatic nitrogens is 2. The molecule has 30 heavy (non-hydrogen) atoms. The van der Waals surface area contributed by atoms with Gasteiger partial charge in [0.05, 0.1) is 5.39 Å². The lowest BCUT2D eigenvalue weighted by molar-refractivity contribution is -0.139. The van der Waals surface area contributed by atoms with Crippen LogP contribution in [0.5, 0.6) is 0 Å². The number of unbranched alkanes of at least 4 members (excludes halogenated alkanes) is 1. The minimum Gasteiger partial charge on any atom is -0.352 e. The summed E-state index contributed by atoms with van der Waals surface area (Å²) >= 11 is 1.90. The van der Waals surface area contributed by atoms with Crippen molar-refractivity contribution in [3.05, 3.63) is 16.3 Å². The molecule has 0 bridgehead atoms. The van der Waals surface area contributed by atoms with E-state index in [1.807, 2.05) is 37.0 Å². The van der Waals surface area contributed by atoms with E-state index in [2.05, 4.69) is 18.7 Å². The number of aryl methyl sites for hydroxylation is 2. The van der Waals surface area contributed by atoms with Crippen molar-refractivity contribution in [2.24, 2.45) is 11.3 Å². The smallest absolute Gasteiger partial charge is 0.228 e. The molecule has 4 rings (SSSR count). The number of carbonyl (C=O) groups is 1. The van der Waals surface area contributed by atoms with Crippen LogP contribution in [0.15, 0.2) is 0 Å². The molecule has 1 aliphatic carbocycles. The predicted octanol–water partition coefficient (Wildman–Crippen LogP) is 4.85. The van der Waals surface area contributed by atoms with Gasteiger partial charge in [-0.2, -0.15) is 0 Å². The highest BCUT2D eigenvalue weighted by molar-refractivity contribution is 7.19. The molecule has 2 aliphatic rings. The molecule has 164 valence electrons. The van der Waals surface area contributed by atoms with Crippen LogP contribution >= 0.6 is 11.3 Å². The third-order valence-electron chi connectivity index (χ3n) is 6.44. The van der Waals surface area contributed by atoms with E-state index in [0.29, 0.717) is 0 Å². The molecule has 0 unspecified atom stereocenters. The van der Waals surface area contributed by atoms with E-state index < -0.39 is 0 Å². The summed E-state index contributed by atoms with van der Waals surface area (Å²) in [6.07, 6.45) is 6.80. The molecule has 0 saturated carbocycles. The minimum atomic E-state index is -0.319. The van der Waals surface area contributed by atoms with Crippen LogP contribution in [0.3, 0.4) is 0 Å². The summed E-state index contributed by atoms with van der Waals surface area (Å²) in [7, 11) is 0. The molecule has 0 radical (unpaired) electrons. The second-order valence-corrected chi connectivity index (χ2v) is 11.2. The van der Waals surface area contributed by atoms with E-state index in [0.717, 1.165) is 69.4 Å². The van der Waals surface area contributed by atoms with Crippen molar-refractivity contribution < 1.29 is 4.79 Å². The van der Waals surface area contributed by atoms with Gasteiger partial charge in [0, 0.05) is 42.9 Å². The molecule has 0 N–H and O–H groups in total. The number of hydrogen-bond donors (Lipinski definition) is 0. The topological polar surface area (TPSA) is 49.3 Å². The first-order chi connectivity index (χ1) is 14.3. The Hall–Kier alpha value is -1.69. The van der Waals surface area contributed by atoms with E-state index in [9.17, 15) is 4.79 Å². The van der Waals surface area contributed by atoms with Crippen LogP contribution in [0.4, 0.5) is 5.82 Å². The highest BCUT2D eigenvalue weighted by Gasteiger charge is 2.32. The van der Waals surface area contributed by atoms with Crippen molar-refractivity contribution in [2.45, 2.75) is 73.1 Å². The van der Waals surface area contributed by atoms with E-state index >= 15 is 0 Å². The summed E-state index contributed by atoms with van der Waals surface area (Å²) in [5, 5.41) is 1.30. The Labute approximate surface area is 184 Å². The van der Waals surface area contributed by atoms with Crippen molar-refractivity contribution in [1.82, 2.24) is 14.9 Å². The van der Waals surface area contributed by atoms with Gasteiger partial charge in [-0.3, -0.25) is 4.79 Å². The molecule has 2 aromatic heterocycles. The number of nitrogens with zero attached hydrogens (tertiary/aromatic N) is 4. The highest BCUT2D eigenvalue weighted by atomic mass is 32.1. The van der Waals surface area contributed by atoms with Crippen LogP contribution in [0, 0.1) is 11.3 Å². The third-order valence-corrected chi connectivity index (χ3v) is 7.59. The van der Waals surface area contributed by atoms with Crippen molar-refractivity contribution in [2.75, 3.05) is 31.1 Å². The summed E-state index contributed by atoms with van der Waals surface area (Å²) in [5.41, 5.74) is 1.18. The summed E-state index contributed by atoms with van der Waals surface area (Å²) in [6, 6.07) is 0. The van der Waals surface area contributed by atoms with Gasteiger partial charge >= 0.3 is 0 Å². The second kappa shape index (κ2) is 8.45. The van der Waals surface area contributed by atoms with Gasteiger partial charge in [0.2, 0.25) is 5.91 Å². The number of carbonyl (C=O) groups excluding carboxylic acids is 1. The number of amides is 1. The summed E-state index contributed by atoms with van der Waals surface area (Å²) < 4.78 is 0. The van der Waals surface area contributed by atoms with Crippen molar-refractivity contribution in [3.63, 3.8) is 0 Å². The van der Waals surface area contributed by atoms with Gasteiger partial charge in [-0.25, -0.2) is 9.97 Å². The van der Waals surface area contributed by atoms with E-state index in [4.69, 9.17) is 9.97 Å². The van der Waals surface area contributed by atoms with Crippen LogP contribution < -0.4 is 4.90 Å². The molecule has 3 heterocycles. The SMILES string of the molecule is CCCCc1nc(N2CCN(C(=O)C(C)(C)C)CC2)c2c3c(sc2n1)C[C@H](C)CC3. The fraction of sp³-hybridized carbons (Fsp3) is 0.708. The molecule has 1 saturated heterocycles. The van der Waals surface area contributed by atoms with Crippen LogP contribution in [0.2, 0.25) is 0 Å². The lowest BCUT2D eigenvalue weighted by atomic mass is 9.89. The Morgan fingerprint density at radius 1 is 1.17 bits per heavy atom. The molecule has 0 aromatic carbocycles. The van der Waals surface area contributed by atoms with Crippen LogP contribution in [-0.2, 0) is 24.1 Å². The molecular formula is C24H36N4OS. The predicted molar refractivity (Wildman–Crippen MR) is 125 cm³/mol. The first kappa shape index (κ1) is 21.5. The van der Waals surface area contributed by atoms with Gasteiger partial charge in [-0.05, 0) is 37.2 Å². The lowest BCUT2D eigenvalue weighted by Crippen LogP contribution is -2.52. The van der Waals surface area contributed by atoms with Crippen LogP contribution in [-0.4, -0.2) is 47.0 Å². The number of rotatable bonds is 4. The van der Waals surface area contributed by atoms with Crippen molar-refractivity contribution in [1.29, 1.82) is 0 Å². The maximum Gasteiger partial charge on any atom is 0.228 e. The normalized spacial score (nSPS) is 20.0. The van der Waals surface area contributed by atoms with Crippen molar-refractivity contribution in [3.8, 4) is 0 Å². The maximum atomic E-state index is 12.7. The third kappa shape index (κ3) is 4.20. The first-order valence-corrected chi connectivity index (χ1v) is 12.4. The van der Waals surface area contributed by atoms with E-state index in [1.165, 1.54) is 33.5 Å². The maximum absolute atomic E-state index is 12.7. The Morgan fingerprint density at radius 3 is 2.57 bits per heavy atom. The molecular weight excluding hydrogens is 392 g/mol. The minimum absolute atomic E-state index is 0.250. The Morgan fingerprint density at radius 2 is 1.90 bits per heavy atom. The zero-order valence-corrected chi connectivity index (χ0v) is 20.1. The first-order valence-electron chi connectivity index (χ1n) is 11.6. The summed E-state index contributed by atoms with van der Waals surface area (Å²) in [6.45, 7) is 13.8. The van der Waals surface area contributed by atoms with Crippen LogP contribution in [0.1, 0.15) is 70.1 Å². The number of piperazine rings is 1. The van der Waals surface area contributed by atoms with Gasteiger partial charge in [0.25, 0.3) is 0 Å². The Balaban J connectivity index is 1.66. The largest absolute Gasteiger partial charge is 0.352 e. The molecule has 1 amide bonds. The molecule has 2 aromatic rings. The zero-order chi connectivity index (χ0) is 21.5. The molecule has 6 heteroatoms. The number of anilines is 1. The monoisotopic (exact) mass is 428 g/mol. The molecule has 1 atom stereocenters. The summed E-state index contributed by atoms with van der Waals surface area (Å²) in [5.74, 6) is 3.12. The molecule has 1 aliphatic heterocycles. The van der Waals surface area contributed by atoms with Crippen molar-refractivity contribution >= 4 is 33.3 Å². The molecule has 5 nitrogen and oxygen atoms in total.